The van der Waals surface area contributed by atoms with Crippen molar-refractivity contribution in [3.8, 4) is 5.75 Å². The van der Waals surface area contributed by atoms with E-state index in [1.807, 2.05) is 6.92 Å². The molecule has 5 nitrogen and oxygen atoms in total. The summed E-state index contributed by atoms with van der Waals surface area (Å²) in [5.41, 5.74) is 5.53. The fourth-order valence-corrected chi connectivity index (χ4v) is 2.59. The lowest BCUT2D eigenvalue weighted by molar-refractivity contribution is -0.274. The minimum absolute atomic E-state index is 0.0656. The summed E-state index contributed by atoms with van der Waals surface area (Å²) in [7, 11) is 0. The van der Waals surface area contributed by atoms with E-state index >= 15 is 0 Å². The summed E-state index contributed by atoms with van der Waals surface area (Å²) in [6.07, 6.45) is -3.51. The molecule has 0 radical (unpaired) electrons. The Kier molecular flexibility index (Phi) is 4.82. The standard InChI is InChI=1S/C15H17F3N2O3/c1-9-2-3-11(13(19)21)8-20(9)14(22)10-4-6-12(7-5-10)23-15(16,17)18/h4-7,9,11H,2-3,8H2,1H3,(H2,19,21). The van der Waals surface area contributed by atoms with E-state index in [-0.39, 0.29) is 24.1 Å². The molecule has 1 aliphatic heterocycles. The molecule has 2 rings (SSSR count). The Balaban J connectivity index is 2.11. The van der Waals surface area contributed by atoms with E-state index in [4.69, 9.17) is 5.73 Å². The second kappa shape index (κ2) is 6.47. The van der Waals surface area contributed by atoms with Gasteiger partial charge < -0.3 is 15.4 Å². The number of amides is 2. The van der Waals surface area contributed by atoms with Gasteiger partial charge in [-0.2, -0.15) is 0 Å². The van der Waals surface area contributed by atoms with Gasteiger partial charge in [-0.25, -0.2) is 0 Å². The highest BCUT2D eigenvalue weighted by Crippen LogP contribution is 2.26. The average molecular weight is 330 g/mol. The molecule has 2 amide bonds. The summed E-state index contributed by atoms with van der Waals surface area (Å²) in [5.74, 6) is -1.59. The maximum Gasteiger partial charge on any atom is 0.573 e. The van der Waals surface area contributed by atoms with Crippen LogP contribution in [0, 0.1) is 5.92 Å². The van der Waals surface area contributed by atoms with Crippen molar-refractivity contribution in [2.75, 3.05) is 6.54 Å². The highest BCUT2D eigenvalue weighted by molar-refractivity contribution is 5.95. The Morgan fingerprint density at radius 2 is 1.83 bits per heavy atom. The molecule has 0 aliphatic carbocycles. The van der Waals surface area contributed by atoms with E-state index in [0.717, 1.165) is 12.1 Å². The molecule has 1 aliphatic rings. The van der Waals surface area contributed by atoms with Crippen LogP contribution in [0.2, 0.25) is 0 Å². The number of rotatable bonds is 3. The van der Waals surface area contributed by atoms with Crippen LogP contribution < -0.4 is 10.5 Å². The number of alkyl halides is 3. The lowest BCUT2D eigenvalue weighted by atomic mass is 9.92. The van der Waals surface area contributed by atoms with Crippen LogP contribution in [0.1, 0.15) is 30.1 Å². The van der Waals surface area contributed by atoms with Gasteiger partial charge in [0, 0.05) is 18.2 Å². The predicted molar refractivity (Wildman–Crippen MR) is 75.5 cm³/mol. The first-order valence-corrected chi connectivity index (χ1v) is 7.13. The Morgan fingerprint density at radius 1 is 1.22 bits per heavy atom. The third-order valence-corrected chi connectivity index (χ3v) is 3.88. The predicted octanol–water partition coefficient (Wildman–Crippen LogP) is 2.31. The number of nitrogens with zero attached hydrogens (tertiary/aromatic N) is 1. The van der Waals surface area contributed by atoms with Gasteiger partial charge in [0.05, 0.1) is 5.92 Å². The molecular formula is C15H17F3N2O3. The Hall–Kier alpha value is -2.25. The molecule has 2 unspecified atom stereocenters. The SMILES string of the molecule is CC1CCC(C(N)=O)CN1C(=O)c1ccc(OC(F)(F)F)cc1. The number of nitrogens with two attached hydrogens (primary N) is 1. The number of ether oxygens (including phenoxy) is 1. The lowest BCUT2D eigenvalue weighted by Crippen LogP contribution is -2.48. The summed E-state index contributed by atoms with van der Waals surface area (Å²) >= 11 is 0. The Bertz CT molecular complexity index is 587. The molecule has 2 atom stereocenters. The fourth-order valence-electron chi connectivity index (χ4n) is 2.59. The van der Waals surface area contributed by atoms with Crippen LogP contribution in [-0.2, 0) is 4.79 Å². The number of hydrogen-bond acceptors (Lipinski definition) is 3. The zero-order chi connectivity index (χ0) is 17.2. The number of piperidine rings is 1. The van der Waals surface area contributed by atoms with Crippen LogP contribution in [0.4, 0.5) is 13.2 Å². The van der Waals surface area contributed by atoms with Crippen molar-refractivity contribution in [1.82, 2.24) is 4.90 Å². The molecule has 8 heteroatoms. The maximum absolute atomic E-state index is 12.5. The minimum Gasteiger partial charge on any atom is -0.406 e. The Morgan fingerprint density at radius 3 is 2.35 bits per heavy atom. The quantitative estimate of drug-likeness (QED) is 0.924. The van der Waals surface area contributed by atoms with E-state index in [1.54, 1.807) is 0 Å². The fraction of sp³-hybridized carbons (Fsp3) is 0.467. The van der Waals surface area contributed by atoms with Gasteiger partial charge in [0.1, 0.15) is 5.75 Å². The van der Waals surface area contributed by atoms with Crippen LogP contribution in [0.15, 0.2) is 24.3 Å². The minimum atomic E-state index is -4.78. The number of primary amides is 1. The maximum atomic E-state index is 12.5. The molecule has 1 heterocycles. The van der Waals surface area contributed by atoms with Gasteiger partial charge in [-0.1, -0.05) is 0 Å². The molecule has 1 saturated heterocycles. The molecule has 126 valence electrons. The van der Waals surface area contributed by atoms with Crippen LogP contribution in [0.25, 0.3) is 0 Å². The third kappa shape index (κ3) is 4.37. The summed E-state index contributed by atoms with van der Waals surface area (Å²) in [5, 5.41) is 0. The van der Waals surface area contributed by atoms with Gasteiger partial charge in [-0.05, 0) is 44.0 Å². The topological polar surface area (TPSA) is 72.6 Å². The molecular weight excluding hydrogens is 313 g/mol. The third-order valence-electron chi connectivity index (χ3n) is 3.88. The molecule has 0 aromatic heterocycles. The zero-order valence-electron chi connectivity index (χ0n) is 12.5. The number of benzene rings is 1. The van der Waals surface area contributed by atoms with E-state index in [9.17, 15) is 22.8 Å². The van der Waals surface area contributed by atoms with Crippen molar-refractivity contribution in [2.45, 2.75) is 32.2 Å². The molecule has 0 spiro atoms. The zero-order valence-corrected chi connectivity index (χ0v) is 12.5. The summed E-state index contributed by atoms with van der Waals surface area (Å²) in [6, 6.07) is 4.64. The van der Waals surface area contributed by atoms with Crippen molar-refractivity contribution in [3.63, 3.8) is 0 Å². The first kappa shape index (κ1) is 17.1. The first-order chi connectivity index (χ1) is 10.7. The van der Waals surface area contributed by atoms with Gasteiger partial charge in [0.2, 0.25) is 5.91 Å². The first-order valence-electron chi connectivity index (χ1n) is 7.13. The van der Waals surface area contributed by atoms with Gasteiger partial charge in [-0.3, -0.25) is 9.59 Å². The van der Waals surface area contributed by atoms with E-state index in [1.165, 1.54) is 17.0 Å². The monoisotopic (exact) mass is 330 g/mol. The van der Waals surface area contributed by atoms with Gasteiger partial charge >= 0.3 is 6.36 Å². The number of carbonyl (C=O) groups is 2. The number of hydrogen-bond donors (Lipinski definition) is 1. The smallest absolute Gasteiger partial charge is 0.406 e. The largest absolute Gasteiger partial charge is 0.573 e. The number of carbonyl (C=O) groups excluding carboxylic acids is 2. The van der Waals surface area contributed by atoms with E-state index in [0.29, 0.717) is 12.8 Å². The van der Waals surface area contributed by atoms with Crippen LogP contribution in [0.5, 0.6) is 5.75 Å². The highest BCUT2D eigenvalue weighted by Gasteiger charge is 2.33. The van der Waals surface area contributed by atoms with Crippen molar-refractivity contribution in [1.29, 1.82) is 0 Å². The summed E-state index contributed by atoms with van der Waals surface area (Å²) < 4.78 is 40.1. The van der Waals surface area contributed by atoms with E-state index in [2.05, 4.69) is 4.74 Å². The van der Waals surface area contributed by atoms with Crippen LogP contribution in [-0.4, -0.2) is 35.7 Å². The normalized spacial score (nSPS) is 21.8. The van der Waals surface area contributed by atoms with Gasteiger partial charge in [0.25, 0.3) is 5.91 Å². The molecule has 1 aromatic carbocycles. The molecule has 0 bridgehead atoms. The van der Waals surface area contributed by atoms with Crippen molar-refractivity contribution in [3.05, 3.63) is 29.8 Å². The van der Waals surface area contributed by atoms with Gasteiger partial charge in [-0.15, -0.1) is 13.2 Å². The highest BCUT2D eigenvalue weighted by atomic mass is 19.4. The molecule has 2 N–H and O–H groups in total. The number of likely N-dealkylation sites (tertiary alicyclic amines) is 1. The van der Waals surface area contributed by atoms with Crippen molar-refractivity contribution in [2.24, 2.45) is 11.7 Å². The molecule has 1 fully saturated rings. The molecule has 23 heavy (non-hydrogen) atoms. The molecule has 1 aromatic rings. The van der Waals surface area contributed by atoms with Gasteiger partial charge in [0.15, 0.2) is 0 Å². The van der Waals surface area contributed by atoms with Crippen LogP contribution >= 0.6 is 0 Å². The van der Waals surface area contributed by atoms with E-state index < -0.39 is 23.9 Å². The number of halogens is 3. The van der Waals surface area contributed by atoms with Crippen molar-refractivity contribution >= 4 is 11.8 Å². The second-order valence-corrected chi connectivity index (χ2v) is 5.56. The lowest BCUT2D eigenvalue weighted by Gasteiger charge is -2.37. The summed E-state index contributed by atoms with van der Waals surface area (Å²) in [6.45, 7) is 2.08. The molecule has 0 saturated carbocycles. The average Bonchev–Trinajstić information content (AvgIpc) is 2.46. The summed E-state index contributed by atoms with van der Waals surface area (Å²) in [4.78, 5) is 25.3. The Labute approximate surface area is 131 Å². The van der Waals surface area contributed by atoms with Crippen LogP contribution in [0.3, 0.4) is 0 Å². The second-order valence-electron chi connectivity index (χ2n) is 5.56. The van der Waals surface area contributed by atoms with Crippen molar-refractivity contribution < 1.29 is 27.5 Å².